The number of hydrogen-bond acceptors (Lipinski definition) is 2. The molecule has 1 aliphatic carbocycles. The molecule has 4 heteroatoms. The van der Waals surface area contributed by atoms with Gasteiger partial charge in [-0.25, -0.2) is 0 Å². The van der Waals surface area contributed by atoms with Crippen molar-refractivity contribution in [3.05, 3.63) is 26.6 Å². The summed E-state index contributed by atoms with van der Waals surface area (Å²) in [6.45, 7) is 2.06. The minimum absolute atomic E-state index is 0.134. The third kappa shape index (κ3) is 2.83. The van der Waals surface area contributed by atoms with Gasteiger partial charge in [0.2, 0.25) is 0 Å². The molecule has 17 heavy (non-hydrogen) atoms. The summed E-state index contributed by atoms with van der Waals surface area (Å²) in [6.07, 6.45) is 3.22. The van der Waals surface area contributed by atoms with Crippen LogP contribution in [-0.4, -0.2) is 6.04 Å². The monoisotopic (exact) mass is 356 g/mol. The first-order valence-electron chi connectivity index (χ1n) is 5.73. The second-order valence-corrected chi connectivity index (χ2v) is 6.23. The quantitative estimate of drug-likeness (QED) is 0.837. The van der Waals surface area contributed by atoms with Crippen molar-refractivity contribution < 1.29 is 0 Å². The van der Waals surface area contributed by atoms with Crippen molar-refractivity contribution in [2.24, 2.45) is 5.92 Å². The van der Waals surface area contributed by atoms with E-state index in [1.165, 1.54) is 5.56 Å². The lowest BCUT2D eigenvalue weighted by Crippen LogP contribution is -2.23. The molecule has 1 N–H and O–H groups in total. The van der Waals surface area contributed by atoms with Crippen molar-refractivity contribution in [1.29, 1.82) is 5.26 Å². The van der Waals surface area contributed by atoms with Crippen LogP contribution in [0, 0.1) is 24.2 Å². The van der Waals surface area contributed by atoms with Crippen LogP contribution in [0.4, 0.5) is 5.69 Å². The van der Waals surface area contributed by atoms with E-state index in [1.54, 1.807) is 0 Å². The van der Waals surface area contributed by atoms with Gasteiger partial charge in [-0.05, 0) is 75.7 Å². The number of nitrogens with zero attached hydrogens (tertiary/aromatic N) is 1. The Balaban J connectivity index is 2.22. The summed E-state index contributed by atoms with van der Waals surface area (Å²) in [7, 11) is 0. The Hall–Kier alpha value is -0.530. The molecule has 2 nitrogen and oxygen atoms in total. The Labute approximate surface area is 119 Å². The second kappa shape index (κ2) is 5.41. The number of nitriles is 1. The van der Waals surface area contributed by atoms with Gasteiger partial charge in [0.15, 0.2) is 0 Å². The van der Waals surface area contributed by atoms with Crippen LogP contribution in [0.15, 0.2) is 21.1 Å². The second-order valence-electron chi connectivity index (χ2n) is 4.52. The fraction of sp³-hybridized carbons (Fsp3) is 0.462. The smallest absolute Gasteiger partial charge is 0.0677 e. The first-order valence-corrected chi connectivity index (χ1v) is 7.32. The zero-order chi connectivity index (χ0) is 12.4. The molecule has 1 fully saturated rings. The summed E-state index contributed by atoms with van der Waals surface area (Å²) in [5.41, 5.74) is 2.26. The van der Waals surface area contributed by atoms with Gasteiger partial charge >= 0.3 is 0 Å². The number of rotatable bonds is 2. The molecule has 90 valence electrons. The van der Waals surface area contributed by atoms with E-state index in [0.717, 1.165) is 33.9 Å². The molecule has 1 aromatic rings. The van der Waals surface area contributed by atoms with Crippen LogP contribution >= 0.6 is 31.9 Å². The lowest BCUT2D eigenvalue weighted by Gasteiger charge is -2.19. The van der Waals surface area contributed by atoms with Gasteiger partial charge in [0.1, 0.15) is 0 Å². The van der Waals surface area contributed by atoms with Crippen molar-refractivity contribution in [2.45, 2.75) is 32.2 Å². The van der Waals surface area contributed by atoms with Crippen LogP contribution < -0.4 is 5.32 Å². The zero-order valence-corrected chi connectivity index (χ0v) is 12.8. The zero-order valence-electron chi connectivity index (χ0n) is 9.63. The third-order valence-electron chi connectivity index (χ3n) is 3.20. The fourth-order valence-electron chi connectivity index (χ4n) is 2.31. The largest absolute Gasteiger partial charge is 0.379 e. The van der Waals surface area contributed by atoms with Crippen molar-refractivity contribution in [2.75, 3.05) is 5.32 Å². The maximum absolute atomic E-state index is 9.08. The standard InChI is InChI=1S/C13H14Br2N2/c1-8-5-10(14)13(11(15)6-8)17-12-4-2-3-9(12)7-16/h5-6,9,12,17H,2-4H2,1H3. The molecule has 1 saturated carbocycles. The molecule has 0 spiro atoms. The minimum atomic E-state index is 0.134. The molecule has 0 bridgehead atoms. The highest BCUT2D eigenvalue weighted by Crippen LogP contribution is 2.36. The van der Waals surface area contributed by atoms with Crippen molar-refractivity contribution in [3.63, 3.8) is 0 Å². The van der Waals surface area contributed by atoms with Gasteiger partial charge in [0, 0.05) is 15.0 Å². The van der Waals surface area contributed by atoms with Crippen LogP contribution in [0.5, 0.6) is 0 Å². The average molecular weight is 358 g/mol. The van der Waals surface area contributed by atoms with Gasteiger partial charge in [-0.3, -0.25) is 0 Å². The normalized spacial score (nSPS) is 23.4. The maximum Gasteiger partial charge on any atom is 0.0677 e. The molecular weight excluding hydrogens is 344 g/mol. The molecule has 2 atom stereocenters. The topological polar surface area (TPSA) is 35.8 Å². The summed E-state index contributed by atoms with van der Waals surface area (Å²) in [4.78, 5) is 0. The van der Waals surface area contributed by atoms with Crippen LogP contribution in [0.25, 0.3) is 0 Å². The van der Waals surface area contributed by atoms with Gasteiger partial charge < -0.3 is 5.32 Å². The molecule has 1 aliphatic rings. The molecule has 0 aliphatic heterocycles. The molecule has 0 amide bonds. The summed E-state index contributed by atoms with van der Waals surface area (Å²) in [5.74, 6) is 0.134. The highest BCUT2D eigenvalue weighted by atomic mass is 79.9. The van der Waals surface area contributed by atoms with Crippen LogP contribution in [0.2, 0.25) is 0 Å². The Morgan fingerprint density at radius 3 is 2.53 bits per heavy atom. The summed E-state index contributed by atoms with van der Waals surface area (Å²) in [5, 5.41) is 12.6. The van der Waals surface area contributed by atoms with Crippen LogP contribution in [-0.2, 0) is 0 Å². The number of aryl methyl sites for hydroxylation is 1. The van der Waals surface area contributed by atoms with E-state index < -0.39 is 0 Å². The number of hydrogen-bond donors (Lipinski definition) is 1. The summed E-state index contributed by atoms with van der Waals surface area (Å²) in [6, 6.07) is 6.84. The van der Waals surface area contributed by atoms with Gasteiger partial charge in [-0.15, -0.1) is 0 Å². The van der Waals surface area contributed by atoms with E-state index in [-0.39, 0.29) is 12.0 Å². The Morgan fingerprint density at radius 1 is 1.29 bits per heavy atom. The fourth-order valence-corrected chi connectivity index (χ4v) is 3.95. The Morgan fingerprint density at radius 2 is 1.94 bits per heavy atom. The van der Waals surface area contributed by atoms with E-state index >= 15 is 0 Å². The van der Waals surface area contributed by atoms with E-state index in [4.69, 9.17) is 5.26 Å². The lowest BCUT2D eigenvalue weighted by atomic mass is 10.1. The van der Waals surface area contributed by atoms with Crippen molar-refractivity contribution >= 4 is 37.5 Å². The van der Waals surface area contributed by atoms with Crippen molar-refractivity contribution in [3.8, 4) is 6.07 Å². The summed E-state index contributed by atoms with van der Waals surface area (Å²) < 4.78 is 2.10. The highest BCUT2D eigenvalue weighted by molar-refractivity contribution is 9.11. The molecule has 2 unspecified atom stereocenters. The number of halogens is 2. The van der Waals surface area contributed by atoms with E-state index in [2.05, 4.69) is 62.3 Å². The molecule has 2 rings (SSSR count). The summed E-state index contributed by atoms with van der Waals surface area (Å²) >= 11 is 7.14. The van der Waals surface area contributed by atoms with Crippen LogP contribution in [0.1, 0.15) is 24.8 Å². The van der Waals surface area contributed by atoms with Gasteiger partial charge in [-0.1, -0.05) is 0 Å². The Bertz CT molecular complexity index is 442. The minimum Gasteiger partial charge on any atom is -0.379 e. The number of benzene rings is 1. The SMILES string of the molecule is Cc1cc(Br)c(NC2CCCC2C#N)c(Br)c1. The van der Waals surface area contributed by atoms with E-state index in [9.17, 15) is 0 Å². The number of anilines is 1. The van der Waals surface area contributed by atoms with Crippen LogP contribution in [0.3, 0.4) is 0 Å². The van der Waals surface area contributed by atoms with Crippen molar-refractivity contribution in [1.82, 2.24) is 0 Å². The Kier molecular flexibility index (Phi) is 4.11. The predicted octanol–water partition coefficient (Wildman–Crippen LogP) is 4.62. The van der Waals surface area contributed by atoms with Gasteiger partial charge in [0.25, 0.3) is 0 Å². The van der Waals surface area contributed by atoms with Gasteiger partial charge in [-0.2, -0.15) is 5.26 Å². The number of nitrogens with one attached hydrogen (secondary N) is 1. The first kappa shape index (κ1) is 12.9. The highest BCUT2D eigenvalue weighted by Gasteiger charge is 2.27. The lowest BCUT2D eigenvalue weighted by molar-refractivity contribution is 0.629. The molecular formula is C13H14Br2N2. The maximum atomic E-state index is 9.08. The van der Waals surface area contributed by atoms with E-state index in [1.807, 2.05) is 0 Å². The molecule has 0 aromatic heterocycles. The molecule has 0 radical (unpaired) electrons. The molecule has 0 heterocycles. The van der Waals surface area contributed by atoms with E-state index in [0.29, 0.717) is 0 Å². The molecule has 1 aromatic carbocycles. The first-order chi connectivity index (χ1) is 8.11. The predicted molar refractivity (Wildman–Crippen MR) is 76.9 cm³/mol. The average Bonchev–Trinajstić information content (AvgIpc) is 2.70. The third-order valence-corrected chi connectivity index (χ3v) is 4.45. The molecule has 0 saturated heterocycles. The van der Waals surface area contributed by atoms with Gasteiger partial charge in [0.05, 0.1) is 17.7 Å².